The second-order valence-electron chi connectivity index (χ2n) is 6.08. The second kappa shape index (κ2) is 11.7. The van der Waals surface area contributed by atoms with Gasteiger partial charge in [-0.1, -0.05) is 18.2 Å². The minimum Gasteiger partial charge on any atom is -0.504 e. The molecule has 3 N–H and O–H groups in total. The van der Waals surface area contributed by atoms with Crippen LogP contribution in [0.4, 0.5) is 13.2 Å². The van der Waals surface area contributed by atoms with Gasteiger partial charge in [0.1, 0.15) is 0 Å². The van der Waals surface area contributed by atoms with Crippen LogP contribution in [0.3, 0.4) is 0 Å². The highest BCUT2D eigenvalue weighted by Crippen LogP contribution is 2.29. The zero-order valence-electron chi connectivity index (χ0n) is 16.2. The summed E-state index contributed by atoms with van der Waals surface area (Å²) in [6.07, 6.45) is -3.71. The van der Waals surface area contributed by atoms with E-state index in [4.69, 9.17) is 4.74 Å². The van der Waals surface area contributed by atoms with Crippen LogP contribution in [0.5, 0.6) is 11.5 Å². The predicted octanol–water partition coefficient (Wildman–Crippen LogP) is 4.34. The average Bonchev–Trinajstić information content (AvgIpc) is 2.67. The van der Waals surface area contributed by atoms with Crippen molar-refractivity contribution in [3.63, 3.8) is 0 Å². The molecule has 0 aromatic heterocycles. The lowest BCUT2D eigenvalue weighted by Gasteiger charge is -2.12. The smallest absolute Gasteiger partial charge is 0.416 e. The fourth-order valence-corrected chi connectivity index (χ4v) is 2.56. The Hall–Kier alpha value is -2.17. The fraction of sp³-hybridized carbons (Fsp3) is 0.350. The van der Waals surface area contributed by atoms with Crippen molar-refractivity contribution in [3.8, 4) is 11.5 Å². The van der Waals surface area contributed by atoms with E-state index in [9.17, 15) is 18.3 Å². The molecule has 9 heteroatoms. The highest BCUT2D eigenvalue weighted by molar-refractivity contribution is 14.0. The third-order valence-electron chi connectivity index (χ3n) is 3.97. The van der Waals surface area contributed by atoms with Gasteiger partial charge in [0, 0.05) is 13.1 Å². The molecule has 0 unspecified atom stereocenters. The summed E-state index contributed by atoms with van der Waals surface area (Å²) in [5.74, 6) is 1.00. The highest BCUT2D eigenvalue weighted by atomic mass is 127. The number of phenols is 1. The first-order valence-corrected chi connectivity index (χ1v) is 8.87. The Morgan fingerprint density at radius 3 is 2.52 bits per heavy atom. The normalized spacial score (nSPS) is 11.6. The topological polar surface area (TPSA) is 65.9 Å². The number of aromatic hydroxyl groups is 1. The minimum atomic E-state index is -4.37. The van der Waals surface area contributed by atoms with Crippen LogP contribution in [0.15, 0.2) is 47.5 Å². The molecule has 0 amide bonds. The van der Waals surface area contributed by atoms with Crippen LogP contribution in [0.2, 0.25) is 0 Å². The lowest BCUT2D eigenvalue weighted by atomic mass is 10.1. The Labute approximate surface area is 185 Å². The summed E-state index contributed by atoms with van der Waals surface area (Å²) >= 11 is 0. The molecule has 2 aromatic rings. The molecule has 0 saturated carbocycles. The van der Waals surface area contributed by atoms with Crippen molar-refractivity contribution < 1.29 is 23.0 Å². The Balaban J connectivity index is 0.00000420. The summed E-state index contributed by atoms with van der Waals surface area (Å²) in [4.78, 5) is 4.35. The number of hydrogen-bond acceptors (Lipinski definition) is 3. The van der Waals surface area contributed by atoms with Crippen LogP contribution in [0, 0.1) is 0 Å². The van der Waals surface area contributed by atoms with Gasteiger partial charge < -0.3 is 20.5 Å². The third-order valence-corrected chi connectivity index (χ3v) is 3.97. The Morgan fingerprint density at radius 2 is 1.86 bits per heavy atom. The van der Waals surface area contributed by atoms with Gasteiger partial charge in [0.05, 0.1) is 19.2 Å². The molecular formula is C20H25F3IN3O2. The van der Waals surface area contributed by atoms with E-state index in [1.807, 2.05) is 6.92 Å². The first-order chi connectivity index (χ1) is 13.3. The number of halogens is 4. The number of ether oxygens (including phenoxy) is 1. The van der Waals surface area contributed by atoms with Crippen molar-refractivity contribution in [1.29, 1.82) is 0 Å². The maximum absolute atomic E-state index is 12.8. The summed E-state index contributed by atoms with van der Waals surface area (Å²) < 4.78 is 43.5. The van der Waals surface area contributed by atoms with Crippen LogP contribution in [0.1, 0.15) is 23.6 Å². The van der Waals surface area contributed by atoms with Crippen molar-refractivity contribution in [3.05, 3.63) is 59.2 Å². The number of phenolic OH excluding ortho intramolecular Hbond substituents is 1. The molecule has 0 fully saturated rings. The predicted molar refractivity (Wildman–Crippen MR) is 118 cm³/mol. The first-order valence-electron chi connectivity index (χ1n) is 8.87. The molecule has 160 valence electrons. The molecule has 2 aromatic carbocycles. The number of rotatable bonds is 7. The van der Waals surface area contributed by atoms with Crippen molar-refractivity contribution >= 4 is 29.9 Å². The number of nitrogens with one attached hydrogen (secondary N) is 2. The monoisotopic (exact) mass is 523 g/mol. The van der Waals surface area contributed by atoms with Crippen LogP contribution in [-0.4, -0.2) is 31.3 Å². The van der Waals surface area contributed by atoms with Gasteiger partial charge in [0.15, 0.2) is 17.5 Å². The number of nitrogens with zero attached hydrogens (tertiary/aromatic N) is 1. The molecule has 0 aliphatic heterocycles. The molecule has 0 spiro atoms. The van der Waals surface area contributed by atoms with Gasteiger partial charge in [-0.3, -0.25) is 0 Å². The fourth-order valence-electron chi connectivity index (χ4n) is 2.56. The van der Waals surface area contributed by atoms with Crippen molar-refractivity contribution in [2.45, 2.75) is 26.1 Å². The Bertz CT molecular complexity index is 814. The van der Waals surface area contributed by atoms with Crippen LogP contribution >= 0.6 is 24.0 Å². The molecule has 0 aliphatic carbocycles. The van der Waals surface area contributed by atoms with Gasteiger partial charge in [-0.15, -0.1) is 24.0 Å². The van der Waals surface area contributed by atoms with Gasteiger partial charge in [-0.05, 0) is 48.7 Å². The molecule has 0 heterocycles. The summed E-state index contributed by atoms with van der Waals surface area (Å²) in [7, 11) is 1.49. The van der Waals surface area contributed by atoms with Crippen molar-refractivity contribution in [2.24, 2.45) is 4.99 Å². The van der Waals surface area contributed by atoms with Gasteiger partial charge in [0.2, 0.25) is 0 Å². The van der Waals surface area contributed by atoms with E-state index in [2.05, 4.69) is 15.6 Å². The largest absolute Gasteiger partial charge is 0.504 e. The van der Waals surface area contributed by atoms with E-state index in [0.717, 1.165) is 17.7 Å². The van der Waals surface area contributed by atoms with E-state index in [1.54, 1.807) is 24.3 Å². The minimum absolute atomic E-state index is 0. The highest BCUT2D eigenvalue weighted by Gasteiger charge is 2.30. The SMILES string of the molecule is CCNC(=NCc1cccc(C(F)(F)F)c1)NCCc1ccc(O)c(OC)c1.I. The molecule has 5 nitrogen and oxygen atoms in total. The third kappa shape index (κ3) is 8.00. The second-order valence-corrected chi connectivity index (χ2v) is 6.08. The summed E-state index contributed by atoms with van der Waals surface area (Å²) in [5.41, 5.74) is 0.769. The van der Waals surface area contributed by atoms with E-state index in [1.165, 1.54) is 13.2 Å². The summed E-state index contributed by atoms with van der Waals surface area (Å²) in [6.45, 7) is 3.22. The number of alkyl halides is 3. The maximum atomic E-state index is 12.8. The van der Waals surface area contributed by atoms with Crippen molar-refractivity contribution in [2.75, 3.05) is 20.2 Å². The molecular weight excluding hydrogens is 498 g/mol. The van der Waals surface area contributed by atoms with Crippen LogP contribution in [-0.2, 0) is 19.1 Å². The molecule has 2 rings (SSSR count). The van der Waals surface area contributed by atoms with Crippen molar-refractivity contribution in [1.82, 2.24) is 10.6 Å². The maximum Gasteiger partial charge on any atom is 0.416 e. The summed E-state index contributed by atoms with van der Waals surface area (Å²) in [6, 6.07) is 10.3. The molecule has 0 bridgehead atoms. The Kier molecular flexibility index (Phi) is 10.1. The quantitative estimate of drug-likeness (QED) is 0.287. The molecule has 0 aliphatic rings. The lowest BCUT2D eigenvalue weighted by Crippen LogP contribution is -2.38. The average molecular weight is 523 g/mol. The van der Waals surface area contributed by atoms with Crippen LogP contribution in [0.25, 0.3) is 0 Å². The first kappa shape index (κ1) is 24.9. The zero-order valence-corrected chi connectivity index (χ0v) is 18.5. The van der Waals surface area contributed by atoms with Crippen LogP contribution < -0.4 is 15.4 Å². The van der Waals surface area contributed by atoms with Gasteiger partial charge >= 0.3 is 6.18 Å². The number of methoxy groups -OCH3 is 1. The molecule has 0 radical (unpaired) electrons. The van der Waals surface area contributed by atoms with Gasteiger partial charge in [-0.2, -0.15) is 13.2 Å². The molecule has 29 heavy (non-hydrogen) atoms. The van der Waals surface area contributed by atoms with Gasteiger partial charge in [0.25, 0.3) is 0 Å². The number of hydrogen-bond donors (Lipinski definition) is 3. The number of benzene rings is 2. The standard InChI is InChI=1S/C20H24F3N3O2.HI/c1-3-24-19(25-10-9-14-7-8-17(27)18(12-14)28-2)26-13-15-5-4-6-16(11-15)20(21,22)23;/h4-8,11-12,27H,3,9-10,13H2,1-2H3,(H2,24,25,26);1H. The van der Waals surface area contributed by atoms with E-state index in [-0.39, 0.29) is 36.3 Å². The molecule has 0 saturated heterocycles. The van der Waals surface area contributed by atoms with E-state index >= 15 is 0 Å². The number of guanidine groups is 1. The zero-order chi connectivity index (χ0) is 20.6. The van der Waals surface area contributed by atoms with E-state index < -0.39 is 11.7 Å². The molecule has 0 atom stereocenters. The Morgan fingerprint density at radius 1 is 1.10 bits per heavy atom. The van der Waals surface area contributed by atoms with E-state index in [0.29, 0.717) is 36.8 Å². The lowest BCUT2D eigenvalue weighted by molar-refractivity contribution is -0.137. The number of aliphatic imine (C=N–C) groups is 1. The summed E-state index contributed by atoms with van der Waals surface area (Å²) in [5, 5.41) is 15.8. The van der Waals surface area contributed by atoms with Gasteiger partial charge in [-0.25, -0.2) is 4.99 Å².